The molecular formula is C10H14IP. The summed E-state index contributed by atoms with van der Waals surface area (Å²) in [4.78, 5) is 0. The van der Waals surface area contributed by atoms with Gasteiger partial charge in [-0.15, -0.1) is 0 Å². The Balaban J connectivity index is 2.41. The van der Waals surface area contributed by atoms with Crippen molar-refractivity contribution in [3.63, 3.8) is 0 Å². The molecule has 2 heteroatoms. The normalized spacial score (nSPS) is 12.8. The molecule has 0 nitrogen and oxygen atoms in total. The zero-order valence-corrected chi connectivity index (χ0v) is 10.4. The minimum Gasteiger partial charge on any atom is -0.0650 e. The Morgan fingerprint density at radius 1 is 1.25 bits per heavy atom. The lowest BCUT2D eigenvalue weighted by Gasteiger charge is -2.07. The average molecular weight is 292 g/mol. The molecule has 1 aromatic carbocycles. The summed E-state index contributed by atoms with van der Waals surface area (Å²) in [5.41, 5.74) is 1.71. The maximum Gasteiger partial charge on any atom is 0.00175 e. The van der Waals surface area contributed by atoms with Gasteiger partial charge in [0.25, 0.3) is 0 Å². The second-order valence-electron chi connectivity index (χ2n) is 2.83. The maximum absolute atomic E-state index is 2.61. The van der Waals surface area contributed by atoms with Crippen molar-refractivity contribution in [1.82, 2.24) is 0 Å². The van der Waals surface area contributed by atoms with Gasteiger partial charge in [-0.25, -0.2) is 0 Å². The van der Waals surface area contributed by atoms with Crippen LogP contribution in [-0.4, -0.2) is 6.16 Å². The summed E-state index contributed by atoms with van der Waals surface area (Å²) in [6.45, 7) is 2.26. The van der Waals surface area contributed by atoms with E-state index in [1.165, 1.54) is 24.3 Å². The van der Waals surface area contributed by atoms with Crippen molar-refractivity contribution in [1.29, 1.82) is 0 Å². The molecular weight excluding hydrogens is 278 g/mol. The first-order valence-electron chi connectivity index (χ1n) is 4.27. The van der Waals surface area contributed by atoms with Crippen LogP contribution in [0.2, 0.25) is 0 Å². The van der Waals surface area contributed by atoms with Gasteiger partial charge in [0.05, 0.1) is 0 Å². The summed E-state index contributed by atoms with van der Waals surface area (Å²) in [7, 11) is 0. The molecule has 1 atom stereocenters. The summed E-state index contributed by atoms with van der Waals surface area (Å²) in [6.07, 6.45) is 4.00. The van der Waals surface area contributed by atoms with Crippen LogP contribution in [0.3, 0.4) is 0 Å². The molecule has 12 heavy (non-hydrogen) atoms. The highest BCUT2D eigenvalue weighted by molar-refractivity contribution is 14.2. The Morgan fingerprint density at radius 3 is 2.50 bits per heavy atom. The van der Waals surface area contributed by atoms with Crippen molar-refractivity contribution >= 4 is 27.6 Å². The van der Waals surface area contributed by atoms with Gasteiger partial charge in [-0.3, -0.25) is 0 Å². The molecule has 0 saturated heterocycles. The molecule has 0 fully saturated rings. The van der Waals surface area contributed by atoms with Crippen molar-refractivity contribution in [2.24, 2.45) is 0 Å². The smallest absolute Gasteiger partial charge is 0.00175 e. The van der Waals surface area contributed by atoms with E-state index in [0.717, 1.165) is 0 Å². The van der Waals surface area contributed by atoms with E-state index in [0.29, 0.717) is 0 Å². The largest absolute Gasteiger partial charge is 0.0650 e. The van der Waals surface area contributed by atoms with Gasteiger partial charge in [0, 0.05) is 6.16 Å². The van der Waals surface area contributed by atoms with E-state index in [4.69, 9.17) is 0 Å². The second-order valence-corrected chi connectivity index (χ2v) is 8.61. The van der Waals surface area contributed by atoms with Crippen LogP contribution in [0.4, 0.5) is 0 Å². The van der Waals surface area contributed by atoms with Gasteiger partial charge in [-0.05, 0) is 17.3 Å². The zero-order valence-electron chi connectivity index (χ0n) is 7.33. The first-order valence-corrected chi connectivity index (χ1v) is 8.77. The molecule has 0 amide bonds. The molecule has 0 aliphatic heterocycles. The summed E-state index contributed by atoms with van der Waals surface area (Å²) in [6, 6.07) is 10.8. The van der Waals surface area contributed by atoms with Gasteiger partial charge in [-0.1, -0.05) is 65.7 Å². The number of hydrogen-bond acceptors (Lipinski definition) is 0. The Kier molecular flexibility index (Phi) is 5.17. The summed E-state index contributed by atoms with van der Waals surface area (Å²) < 4.78 is 0. The number of benzene rings is 1. The third-order valence-corrected chi connectivity index (χ3v) is 5.77. The quantitative estimate of drug-likeness (QED) is 0.569. The molecule has 0 spiro atoms. The standard InChI is InChI=1S/C10H14IP/c1-2-8-12(11)9-10-6-4-3-5-7-10/h3-7H,2,8-9H2,1H3. The van der Waals surface area contributed by atoms with Crippen molar-refractivity contribution in [3.05, 3.63) is 35.9 Å². The molecule has 0 N–H and O–H groups in total. The van der Waals surface area contributed by atoms with E-state index >= 15 is 0 Å². The number of halogens is 1. The zero-order chi connectivity index (χ0) is 8.81. The number of hydrogen-bond donors (Lipinski definition) is 0. The number of rotatable bonds is 4. The first-order chi connectivity index (χ1) is 5.83. The second kappa shape index (κ2) is 5.93. The average Bonchev–Trinajstić information content (AvgIpc) is 2.06. The van der Waals surface area contributed by atoms with E-state index in [-0.39, 0.29) is 5.56 Å². The van der Waals surface area contributed by atoms with Gasteiger partial charge in [0.15, 0.2) is 0 Å². The topological polar surface area (TPSA) is 0 Å². The molecule has 0 aliphatic carbocycles. The Morgan fingerprint density at radius 2 is 1.92 bits per heavy atom. The molecule has 1 aromatic rings. The molecule has 0 bridgehead atoms. The summed E-state index contributed by atoms with van der Waals surface area (Å²) in [5, 5.41) is 0. The van der Waals surface area contributed by atoms with E-state index in [9.17, 15) is 0 Å². The van der Waals surface area contributed by atoms with E-state index < -0.39 is 0 Å². The van der Waals surface area contributed by atoms with Gasteiger partial charge in [-0.2, -0.15) is 0 Å². The van der Waals surface area contributed by atoms with Crippen LogP contribution in [0.25, 0.3) is 0 Å². The van der Waals surface area contributed by atoms with Gasteiger partial charge >= 0.3 is 0 Å². The monoisotopic (exact) mass is 292 g/mol. The van der Waals surface area contributed by atoms with Crippen LogP contribution in [-0.2, 0) is 6.16 Å². The highest BCUT2D eigenvalue weighted by Gasteiger charge is 2.01. The van der Waals surface area contributed by atoms with Crippen LogP contribution < -0.4 is 0 Å². The van der Waals surface area contributed by atoms with E-state index in [2.05, 4.69) is 59.3 Å². The van der Waals surface area contributed by atoms with Crippen molar-refractivity contribution in [2.75, 3.05) is 6.16 Å². The fourth-order valence-corrected chi connectivity index (χ4v) is 4.98. The van der Waals surface area contributed by atoms with Crippen LogP contribution in [0.1, 0.15) is 18.9 Å². The lowest BCUT2D eigenvalue weighted by atomic mass is 10.2. The van der Waals surface area contributed by atoms with Gasteiger partial charge in [0.1, 0.15) is 0 Å². The van der Waals surface area contributed by atoms with Gasteiger partial charge < -0.3 is 0 Å². The molecule has 0 aromatic heterocycles. The first kappa shape index (κ1) is 10.5. The van der Waals surface area contributed by atoms with Crippen LogP contribution in [0.5, 0.6) is 0 Å². The highest BCUT2D eigenvalue weighted by atomic mass is 127. The molecule has 0 radical (unpaired) electrons. The minimum absolute atomic E-state index is 0.213. The fraction of sp³-hybridized carbons (Fsp3) is 0.400. The van der Waals surface area contributed by atoms with Gasteiger partial charge in [0.2, 0.25) is 0 Å². The highest BCUT2D eigenvalue weighted by Crippen LogP contribution is 2.48. The summed E-state index contributed by atoms with van der Waals surface area (Å²) >= 11 is 2.61. The Hall–Kier alpha value is 0.380. The molecule has 1 rings (SSSR count). The van der Waals surface area contributed by atoms with Crippen LogP contribution in [0, 0.1) is 0 Å². The SMILES string of the molecule is CCCP(I)Cc1ccccc1. The predicted octanol–water partition coefficient (Wildman–Crippen LogP) is 4.43. The van der Waals surface area contributed by atoms with E-state index in [1.54, 1.807) is 0 Å². The third-order valence-electron chi connectivity index (χ3n) is 1.66. The molecule has 1 unspecified atom stereocenters. The maximum atomic E-state index is 2.61. The van der Waals surface area contributed by atoms with Crippen molar-refractivity contribution in [3.8, 4) is 0 Å². The van der Waals surface area contributed by atoms with Crippen LogP contribution >= 0.6 is 27.6 Å². The van der Waals surface area contributed by atoms with Crippen LogP contribution in [0.15, 0.2) is 30.3 Å². The molecule has 0 aliphatic rings. The fourth-order valence-electron chi connectivity index (χ4n) is 1.10. The Labute approximate surface area is 89.0 Å². The molecule has 66 valence electrons. The molecule has 0 saturated carbocycles. The lowest BCUT2D eigenvalue weighted by molar-refractivity contribution is 1.10. The third kappa shape index (κ3) is 3.86. The minimum atomic E-state index is 0.213. The Bertz CT molecular complexity index is 210. The lowest BCUT2D eigenvalue weighted by Crippen LogP contribution is -1.82. The van der Waals surface area contributed by atoms with E-state index in [1.807, 2.05) is 0 Å². The molecule has 0 heterocycles. The van der Waals surface area contributed by atoms with Crippen molar-refractivity contribution in [2.45, 2.75) is 19.5 Å². The van der Waals surface area contributed by atoms with Crippen molar-refractivity contribution < 1.29 is 0 Å². The predicted molar refractivity (Wildman–Crippen MR) is 66.2 cm³/mol. The summed E-state index contributed by atoms with van der Waals surface area (Å²) in [5.74, 6) is 0.